The van der Waals surface area contributed by atoms with Gasteiger partial charge in [-0.1, -0.05) is 36.4 Å². The molecule has 3 rings (SSSR count). The lowest BCUT2D eigenvalue weighted by molar-refractivity contribution is 0.566. The molecule has 0 aliphatic rings. The lowest BCUT2D eigenvalue weighted by atomic mass is 10.0. The second-order valence-electron chi connectivity index (χ2n) is 4.52. The van der Waals surface area contributed by atoms with E-state index < -0.39 is 10.8 Å². The highest BCUT2D eigenvalue weighted by Gasteiger charge is 2.14. The van der Waals surface area contributed by atoms with Gasteiger partial charge in [0.15, 0.2) is 0 Å². The van der Waals surface area contributed by atoms with Gasteiger partial charge in [-0.3, -0.25) is 4.21 Å². The molecule has 0 saturated carbocycles. The van der Waals surface area contributed by atoms with Crippen LogP contribution in [0.5, 0.6) is 0 Å². The fourth-order valence-electron chi connectivity index (χ4n) is 2.36. The molecule has 0 fully saturated rings. The molecule has 0 aliphatic heterocycles. The third kappa shape index (κ3) is 2.10. The molecule has 96 valence electrons. The Kier molecular flexibility index (Phi) is 2.99. The summed E-state index contributed by atoms with van der Waals surface area (Å²) >= 11 is 0. The van der Waals surface area contributed by atoms with Crippen LogP contribution in [0, 0.1) is 6.92 Å². The Labute approximate surface area is 114 Å². The lowest BCUT2D eigenvalue weighted by Crippen LogP contribution is -1.88. The first kappa shape index (κ1) is 12.2. The molecule has 3 aromatic rings. The maximum Gasteiger partial charge on any atom is 0.135 e. The van der Waals surface area contributed by atoms with Crippen molar-refractivity contribution < 1.29 is 8.63 Å². The monoisotopic (exact) mass is 270 g/mol. The zero-order valence-electron chi connectivity index (χ0n) is 10.8. The first-order valence-corrected chi connectivity index (χ1v) is 7.64. The maximum atomic E-state index is 11.8. The van der Waals surface area contributed by atoms with Crippen LogP contribution in [0.2, 0.25) is 0 Å². The fraction of sp³-hybridized carbons (Fsp3) is 0.125. The molecule has 0 amide bonds. The van der Waals surface area contributed by atoms with Crippen molar-refractivity contribution in [1.29, 1.82) is 0 Å². The highest BCUT2D eigenvalue weighted by atomic mass is 32.2. The molecule has 19 heavy (non-hydrogen) atoms. The highest BCUT2D eigenvalue weighted by Crippen LogP contribution is 2.31. The smallest absolute Gasteiger partial charge is 0.135 e. The molecule has 3 heteroatoms. The van der Waals surface area contributed by atoms with Crippen molar-refractivity contribution >= 4 is 21.8 Å². The van der Waals surface area contributed by atoms with E-state index in [4.69, 9.17) is 4.42 Å². The van der Waals surface area contributed by atoms with Crippen LogP contribution in [0.15, 0.2) is 57.8 Å². The zero-order chi connectivity index (χ0) is 13.4. The number of hydrogen-bond acceptors (Lipinski definition) is 2. The third-order valence-electron chi connectivity index (χ3n) is 3.20. The van der Waals surface area contributed by atoms with Crippen LogP contribution in [-0.2, 0) is 10.8 Å². The van der Waals surface area contributed by atoms with E-state index in [1.54, 1.807) is 6.26 Å². The van der Waals surface area contributed by atoms with Crippen molar-refractivity contribution in [3.8, 4) is 11.1 Å². The normalized spacial score (nSPS) is 12.7. The summed E-state index contributed by atoms with van der Waals surface area (Å²) in [6, 6.07) is 16.2. The molecule has 2 aromatic carbocycles. The quantitative estimate of drug-likeness (QED) is 0.700. The van der Waals surface area contributed by atoms with E-state index >= 15 is 0 Å². The molecular weight excluding hydrogens is 256 g/mol. The van der Waals surface area contributed by atoms with E-state index in [-0.39, 0.29) is 0 Å². The lowest BCUT2D eigenvalue weighted by Gasteiger charge is -2.01. The first-order valence-electron chi connectivity index (χ1n) is 6.09. The Morgan fingerprint density at radius 3 is 2.42 bits per heavy atom. The minimum absolute atomic E-state index is 0.737. The molecule has 1 atom stereocenters. The van der Waals surface area contributed by atoms with Gasteiger partial charge in [-0.15, -0.1) is 0 Å². The maximum absolute atomic E-state index is 11.8. The number of hydrogen-bond donors (Lipinski definition) is 0. The van der Waals surface area contributed by atoms with Crippen LogP contribution in [0.25, 0.3) is 22.1 Å². The number of furan rings is 1. The summed E-state index contributed by atoms with van der Waals surface area (Å²) in [5.74, 6) is 0.737. The topological polar surface area (TPSA) is 30.2 Å². The minimum atomic E-state index is -1.04. The Bertz CT molecular complexity index is 757. The standard InChI is InChI=1S/C16H14O2S/c1-11-16(19(2)17)14-10-13(8-9-15(14)18-11)12-6-4-3-5-7-12/h3-10H,1-2H3. The van der Waals surface area contributed by atoms with Crippen LogP contribution in [0.4, 0.5) is 0 Å². The molecule has 1 unspecified atom stereocenters. The van der Waals surface area contributed by atoms with Gasteiger partial charge in [0.25, 0.3) is 0 Å². The van der Waals surface area contributed by atoms with Crippen molar-refractivity contribution in [3.05, 3.63) is 54.3 Å². The van der Waals surface area contributed by atoms with Gasteiger partial charge in [-0.25, -0.2) is 0 Å². The molecular formula is C16H14O2S. The van der Waals surface area contributed by atoms with Gasteiger partial charge in [0.1, 0.15) is 11.3 Å². The molecule has 0 aliphatic carbocycles. The molecule has 1 heterocycles. The molecule has 0 spiro atoms. The van der Waals surface area contributed by atoms with Crippen molar-refractivity contribution in [1.82, 2.24) is 0 Å². The molecule has 0 bridgehead atoms. The van der Waals surface area contributed by atoms with Gasteiger partial charge in [0, 0.05) is 11.6 Å². The second kappa shape index (κ2) is 4.67. The molecule has 0 radical (unpaired) electrons. The van der Waals surface area contributed by atoms with Crippen LogP contribution in [-0.4, -0.2) is 10.5 Å². The summed E-state index contributed by atoms with van der Waals surface area (Å²) in [5.41, 5.74) is 3.05. The van der Waals surface area contributed by atoms with Gasteiger partial charge in [-0.2, -0.15) is 0 Å². The van der Waals surface area contributed by atoms with Gasteiger partial charge in [0.05, 0.1) is 15.7 Å². The predicted molar refractivity (Wildman–Crippen MR) is 78.7 cm³/mol. The summed E-state index contributed by atoms with van der Waals surface area (Å²) < 4.78 is 17.5. The van der Waals surface area contributed by atoms with E-state index in [9.17, 15) is 4.21 Å². The summed E-state index contributed by atoms with van der Waals surface area (Å²) in [4.78, 5) is 0.799. The van der Waals surface area contributed by atoms with E-state index in [0.717, 1.165) is 32.8 Å². The Hall–Kier alpha value is -1.87. The summed E-state index contributed by atoms with van der Waals surface area (Å²) in [6.07, 6.45) is 1.69. The Balaban J connectivity index is 2.25. The third-order valence-corrected chi connectivity index (χ3v) is 4.28. The second-order valence-corrected chi connectivity index (χ2v) is 5.83. The largest absolute Gasteiger partial charge is 0.460 e. The van der Waals surface area contributed by atoms with Crippen LogP contribution >= 0.6 is 0 Å². The van der Waals surface area contributed by atoms with E-state index in [1.165, 1.54) is 0 Å². The number of rotatable bonds is 2. The van der Waals surface area contributed by atoms with Crippen LogP contribution in [0.1, 0.15) is 5.76 Å². The van der Waals surface area contributed by atoms with Crippen LogP contribution < -0.4 is 0 Å². The minimum Gasteiger partial charge on any atom is -0.460 e. The van der Waals surface area contributed by atoms with E-state index in [1.807, 2.05) is 37.3 Å². The number of aryl methyl sites for hydroxylation is 1. The first-order chi connectivity index (χ1) is 9.16. The summed E-state index contributed by atoms with van der Waals surface area (Å²) in [7, 11) is -1.04. The zero-order valence-corrected chi connectivity index (χ0v) is 11.7. The van der Waals surface area contributed by atoms with Crippen molar-refractivity contribution in [3.63, 3.8) is 0 Å². The van der Waals surface area contributed by atoms with Crippen LogP contribution in [0.3, 0.4) is 0 Å². The molecule has 0 saturated heterocycles. The van der Waals surface area contributed by atoms with E-state index in [0.29, 0.717) is 0 Å². The number of benzene rings is 2. The van der Waals surface area contributed by atoms with Crippen molar-refractivity contribution in [2.75, 3.05) is 6.26 Å². The number of fused-ring (bicyclic) bond motifs is 1. The van der Waals surface area contributed by atoms with Gasteiger partial charge < -0.3 is 4.42 Å². The Morgan fingerprint density at radius 2 is 1.74 bits per heavy atom. The van der Waals surface area contributed by atoms with Crippen molar-refractivity contribution in [2.45, 2.75) is 11.8 Å². The van der Waals surface area contributed by atoms with Gasteiger partial charge in [-0.05, 0) is 30.2 Å². The van der Waals surface area contributed by atoms with E-state index in [2.05, 4.69) is 18.2 Å². The summed E-state index contributed by atoms with van der Waals surface area (Å²) in [6.45, 7) is 1.86. The SMILES string of the molecule is Cc1oc2ccc(-c3ccccc3)cc2c1S(C)=O. The predicted octanol–water partition coefficient (Wildman–Crippen LogP) is 4.15. The summed E-state index contributed by atoms with van der Waals surface area (Å²) in [5, 5.41) is 0.944. The average molecular weight is 270 g/mol. The van der Waals surface area contributed by atoms with Gasteiger partial charge >= 0.3 is 0 Å². The highest BCUT2D eigenvalue weighted by molar-refractivity contribution is 7.84. The van der Waals surface area contributed by atoms with Crippen molar-refractivity contribution in [2.24, 2.45) is 0 Å². The average Bonchev–Trinajstić information content (AvgIpc) is 2.74. The fourth-order valence-corrected chi connectivity index (χ4v) is 3.28. The van der Waals surface area contributed by atoms with Gasteiger partial charge in [0.2, 0.25) is 0 Å². The molecule has 2 nitrogen and oxygen atoms in total. The molecule has 0 N–H and O–H groups in total. The Morgan fingerprint density at radius 1 is 1.00 bits per heavy atom. The molecule has 1 aromatic heterocycles.